The first kappa shape index (κ1) is 13.2. The zero-order valence-corrected chi connectivity index (χ0v) is 10.4. The second-order valence-electron chi connectivity index (χ2n) is 4.28. The molecule has 4 nitrogen and oxygen atoms in total. The van der Waals surface area contributed by atoms with Crippen LogP contribution in [0.25, 0.3) is 0 Å². The van der Waals surface area contributed by atoms with Gasteiger partial charge in [0.1, 0.15) is 0 Å². The lowest BCUT2D eigenvalue weighted by molar-refractivity contribution is 0.401. The number of sulfonamides is 1. The quantitative estimate of drug-likeness (QED) is 0.777. The molecular weight excluding hydrogens is 236 g/mol. The summed E-state index contributed by atoms with van der Waals surface area (Å²) in [4.78, 5) is 0. The van der Waals surface area contributed by atoms with E-state index in [-0.39, 0.29) is 23.7 Å². The average Bonchev–Trinajstić information content (AvgIpc) is 2.13. The third kappa shape index (κ3) is 3.31. The monoisotopic (exact) mass is 254 g/mol. The minimum absolute atomic E-state index is 0. The molecule has 1 saturated heterocycles. The lowest BCUT2D eigenvalue weighted by atomic mass is 10.0. The summed E-state index contributed by atoms with van der Waals surface area (Å²) < 4.78 is 26.5. The average molecular weight is 255 g/mol. The number of hydrogen-bond acceptors (Lipinski definition) is 3. The molecular formula is C9H19ClN2O2S. The summed E-state index contributed by atoms with van der Waals surface area (Å²) in [5.41, 5.74) is 0. The fraction of sp³-hybridized carbons (Fsp3) is 1.00. The van der Waals surface area contributed by atoms with Gasteiger partial charge in [-0.1, -0.05) is 19.3 Å². The Morgan fingerprint density at radius 3 is 2.13 bits per heavy atom. The number of rotatable bonds is 3. The summed E-state index contributed by atoms with van der Waals surface area (Å²) in [7, 11) is -3.03. The van der Waals surface area contributed by atoms with Crippen molar-refractivity contribution in [2.45, 2.75) is 43.4 Å². The lowest BCUT2D eigenvalue weighted by Gasteiger charge is -2.30. The van der Waals surface area contributed by atoms with Gasteiger partial charge in [0.05, 0.1) is 5.25 Å². The molecule has 1 aliphatic carbocycles. The molecule has 0 amide bonds. The highest BCUT2D eigenvalue weighted by atomic mass is 35.5. The van der Waals surface area contributed by atoms with Crippen LogP contribution in [0.4, 0.5) is 0 Å². The maximum absolute atomic E-state index is 11.8. The van der Waals surface area contributed by atoms with Crippen LogP contribution in [-0.2, 0) is 10.0 Å². The van der Waals surface area contributed by atoms with Crippen LogP contribution < -0.4 is 10.0 Å². The summed E-state index contributed by atoms with van der Waals surface area (Å²) in [6.07, 6.45) is 5.00. The Morgan fingerprint density at radius 2 is 1.67 bits per heavy atom. The fourth-order valence-electron chi connectivity index (χ4n) is 2.08. The third-order valence-electron chi connectivity index (χ3n) is 3.10. The van der Waals surface area contributed by atoms with Gasteiger partial charge < -0.3 is 5.32 Å². The predicted molar refractivity (Wildman–Crippen MR) is 62.8 cm³/mol. The SMILES string of the molecule is Cl.O=S(=O)(NC1CNC1)C1CCCCC1. The van der Waals surface area contributed by atoms with E-state index in [1.54, 1.807) is 0 Å². The third-order valence-corrected chi connectivity index (χ3v) is 5.11. The van der Waals surface area contributed by atoms with Crippen molar-refractivity contribution in [1.82, 2.24) is 10.0 Å². The number of nitrogens with one attached hydrogen (secondary N) is 2. The Labute approximate surface area is 97.7 Å². The van der Waals surface area contributed by atoms with Gasteiger partial charge in [-0.05, 0) is 12.8 Å². The van der Waals surface area contributed by atoms with E-state index in [4.69, 9.17) is 0 Å². The highest BCUT2D eigenvalue weighted by molar-refractivity contribution is 7.90. The highest BCUT2D eigenvalue weighted by Gasteiger charge is 2.30. The summed E-state index contributed by atoms with van der Waals surface area (Å²) in [5.74, 6) is 0. The smallest absolute Gasteiger partial charge is 0.214 e. The van der Waals surface area contributed by atoms with E-state index in [2.05, 4.69) is 10.0 Å². The zero-order chi connectivity index (χ0) is 10.0. The molecule has 0 spiro atoms. The molecule has 0 atom stereocenters. The molecule has 0 aromatic rings. The van der Waals surface area contributed by atoms with Crippen molar-refractivity contribution in [3.8, 4) is 0 Å². The first-order valence-electron chi connectivity index (χ1n) is 5.40. The highest BCUT2D eigenvalue weighted by Crippen LogP contribution is 2.23. The van der Waals surface area contributed by atoms with Gasteiger partial charge in [0.25, 0.3) is 0 Å². The molecule has 2 aliphatic rings. The molecule has 1 heterocycles. The molecule has 0 unspecified atom stereocenters. The van der Waals surface area contributed by atoms with Gasteiger partial charge in [0, 0.05) is 19.1 Å². The molecule has 2 N–H and O–H groups in total. The standard InChI is InChI=1S/C9H18N2O2S.ClH/c12-14(13,11-8-6-10-7-8)9-4-2-1-3-5-9;/h8-11H,1-7H2;1H. The molecule has 90 valence electrons. The first-order valence-corrected chi connectivity index (χ1v) is 6.95. The van der Waals surface area contributed by atoms with Crippen LogP contribution in [0.1, 0.15) is 32.1 Å². The van der Waals surface area contributed by atoms with E-state index in [9.17, 15) is 8.42 Å². The molecule has 2 rings (SSSR count). The molecule has 2 fully saturated rings. The van der Waals surface area contributed by atoms with Gasteiger partial charge in [-0.3, -0.25) is 0 Å². The van der Waals surface area contributed by atoms with E-state index in [0.29, 0.717) is 0 Å². The van der Waals surface area contributed by atoms with Gasteiger partial charge in [-0.25, -0.2) is 13.1 Å². The van der Waals surface area contributed by atoms with Crippen molar-refractivity contribution in [3.05, 3.63) is 0 Å². The predicted octanol–water partition coefficient (Wildman–Crippen LogP) is 0.632. The minimum atomic E-state index is -3.03. The van der Waals surface area contributed by atoms with Crippen LogP contribution in [0.2, 0.25) is 0 Å². The summed E-state index contributed by atoms with van der Waals surface area (Å²) in [5, 5.41) is 2.93. The number of halogens is 1. The van der Waals surface area contributed by atoms with Gasteiger partial charge in [0.15, 0.2) is 0 Å². The van der Waals surface area contributed by atoms with Crippen LogP contribution in [-0.4, -0.2) is 32.8 Å². The maximum atomic E-state index is 11.8. The molecule has 1 saturated carbocycles. The van der Waals surface area contributed by atoms with E-state index in [0.717, 1.165) is 38.8 Å². The van der Waals surface area contributed by atoms with Gasteiger partial charge in [0.2, 0.25) is 10.0 Å². The topological polar surface area (TPSA) is 58.2 Å². The molecule has 0 radical (unpaired) electrons. The Hall–Kier alpha value is 0.160. The zero-order valence-electron chi connectivity index (χ0n) is 8.74. The van der Waals surface area contributed by atoms with E-state index in [1.165, 1.54) is 6.42 Å². The minimum Gasteiger partial charge on any atom is -0.313 e. The van der Waals surface area contributed by atoms with Crippen molar-refractivity contribution in [1.29, 1.82) is 0 Å². The van der Waals surface area contributed by atoms with E-state index in [1.807, 2.05) is 0 Å². The van der Waals surface area contributed by atoms with Gasteiger partial charge in [-0.15, -0.1) is 12.4 Å². The molecule has 6 heteroatoms. The van der Waals surface area contributed by atoms with Crippen molar-refractivity contribution in [2.75, 3.05) is 13.1 Å². The Kier molecular flexibility index (Phi) is 4.83. The lowest BCUT2D eigenvalue weighted by Crippen LogP contribution is -2.58. The largest absolute Gasteiger partial charge is 0.313 e. The van der Waals surface area contributed by atoms with Crippen molar-refractivity contribution in [2.24, 2.45) is 0 Å². The molecule has 0 aromatic carbocycles. The van der Waals surface area contributed by atoms with E-state index >= 15 is 0 Å². The molecule has 0 bridgehead atoms. The second-order valence-corrected chi connectivity index (χ2v) is 6.27. The summed E-state index contributed by atoms with van der Waals surface area (Å²) in [6, 6.07) is 0.141. The van der Waals surface area contributed by atoms with Crippen LogP contribution in [0, 0.1) is 0 Å². The molecule has 0 aromatic heterocycles. The van der Waals surface area contributed by atoms with Crippen molar-refractivity contribution >= 4 is 22.4 Å². The normalized spacial score (nSPS) is 24.3. The second kappa shape index (κ2) is 5.48. The first-order chi connectivity index (χ1) is 6.68. The van der Waals surface area contributed by atoms with Crippen LogP contribution in [0.5, 0.6) is 0 Å². The summed E-state index contributed by atoms with van der Waals surface area (Å²) >= 11 is 0. The van der Waals surface area contributed by atoms with Gasteiger partial charge in [-0.2, -0.15) is 0 Å². The van der Waals surface area contributed by atoms with Crippen LogP contribution >= 0.6 is 12.4 Å². The Bertz CT molecular complexity index is 284. The number of hydrogen-bond donors (Lipinski definition) is 2. The van der Waals surface area contributed by atoms with Crippen LogP contribution in [0.15, 0.2) is 0 Å². The van der Waals surface area contributed by atoms with E-state index < -0.39 is 10.0 Å². The van der Waals surface area contributed by atoms with Crippen molar-refractivity contribution in [3.63, 3.8) is 0 Å². The summed E-state index contributed by atoms with van der Waals surface area (Å²) in [6.45, 7) is 1.57. The molecule has 1 aliphatic heterocycles. The Balaban J connectivity index is 0.00000112. The molecule has 15 heavy (non-hydrogen) atoms. The van der Waals surface area contributed by atoms with Crippen molar-refractivity contribution < 1.29 is 8.42 Å². The Morgan fingerprint density at radius 1 is 1.07 bits per heavy atom. The van der Waals surface area contributed by atoms with Crippen LogP contribution in [0.3, 0.4) is 0 Å². The van der Waals surface area contributed by atoms with Gasteiger partial charge >= 0.3 is 0 Å². The maximum Gasteiger partial charge on any atom is 0.214 e. The fourth-order valence-corrected chi connectivity index (χ4v) is 3.85.